The summed E-state index contributed by atoms with van der Waals surface area (Å²) < 4.78 is 0. The van der Waals surface area contributed by atoms with E-state index in [1.54, 1.807) is 17.0 Å². The van der Waals surface area contributed by atoms with E-state index in [4.69, 9.17) is 34.8 Å². The van der Waals surface area contributed by atoms with E-state index in [2.05, 4.69) is 5.32 Å². The van der Waals surface area contributed by atoms with Gasteiger partial charge in [-0.25, -0.2) is 0 Å². The maximum Gasteiger partial charge on any atom is 0.243 e. The maximum atomic E-state index is 13.3. The van der Waals surface area contributed by atoms with Crippen molar-refractivity contribution in [2.45, 2.75) is 58.0 Å². The van der Waals surface area contributed by atoms with Gasteiger partial charge in [-0.05, 0) is 62.6 Å². The molecule has 0 aliphatic carbocycles. The van der Waals surface area contributed by atoms with Crippen molar-refractivity contribution in [3.05, 3.63) is 68.7 Å². The molecule has 1 N–H and O–H groups in total. The fraction of sp³-hybridized carbons (Fsp3) is 0.417. The van der Waals surface area contributed by atoms with E-state index >= 15 is 0 Å². The average molecular weight is 516 g/mol. The van der Waals surface area contributed by atoms with E-state index in [9.17, 15) is 9.59 Å². The number of nitrogens with zero attached hydrogens (tertiary/aromatic N) is 1. The first-order valence-corrected chi connectivity index (χ1v) is 12.7. The lowest BCUT2D eigenvalue weighted by Gasteiger charge is -2.33. The molecule has 174 valence electrons. The Morgan fingerprint density at radius 3 is 2.19 bits per heavy atom. The van der Waals surface area contributed by atoms with Crippen LogP contribution in [0.4, 0.5) is 0 Å². The van der Waals surface area contributed by atoms with Gasteiger partial charge in [0.05, 0.1) is 15.8 Å². The number of thioether (sulfide) groups is 1. The van der Waals surface area contributed by atoms with Crippen LogP contribution < -0.4 is 5.32 Å². The Bertz CT molecular complexity index is 930. The highest BCUT2D eigenvalue weighted by Crippen LogP contribution is 2.25. The van der Waals surface area contributed by atoms with Crippen LogP contribution in [0.15, 0.2) is 42.5 Å². The molecule has 0 spiro atoms. The molecule has 0 radical (unpaired) electrons. The van der Waals surface area contributed by atoms with Gasteiger partial charge in [-0.1, -0.05) is 59.9 Å². The number of nitrogens with one attached hydrogen (secondary N) is 1. The molecule has 0 heterocycles. The van der Waals surface area contributed by atoms with Crippen LogP contribution in [0.2, 0.25) is 15.1 Å². The van der Waals surface area contributed by atoms with Gasteiger partial charge in [0.1, 0.15) is 6.04 Å². The Morgan fingerprint density at radius 2 is 1.62 bits per heavy atom. The van der Waals surface area contributed by atoms with Crippen molar-refractivity contribution in [3.63, 3.8) is 0 Å². The van der Waals surface area contributed by atoms with Crippen LogP contribution >= 0.6 is 46.6 Å². The van der Waals surface area contributed by atoms with Crippen molar-refractivity contribution in [3.8, 4) is 0 Å². The Balaban J connectivity index is 2.18. The SMILES string of the molecule is CCC(C(=O)NC(C)(C)C)N(Cc1ccc(Cl)c(Cl)c1)C(=O)CSCc1ccc(Cl)cc1. The summed E-state index contributed by atoms with van der Waals surface area (Å²) in [6.07, 6.45) is 0.497. The van der Waals surface area contributed by atoms with Gasteiger partial charge in [0.25, 0.3) is 0 Å². The summed E-state index contributed by atoms with van der Waals surface area (Å²) in [5.74, 6) is 0.652. The summed E-state index contributed by atoms with van der Waals surface area (Å²) in [7, 11) is 0. The highest BCUT2D eigenvalue weighted by molar-refractivity contribution is 7.99. The first-order chi connectivity index (χ1) is 15.0. The monoisotopic (exact) mass is 514 g/mol. The van der Waals surface area contributed by atoms with Gasteiger partial charge in [0.2, 0.25) is 11.8 Å². The molecule has 1 unspecified atom stereocenters. The molecule has 0 aliphatic rings. The zero-order valence-electron chi connectivity index (χ0n) is 18.8. The first-order valence-electron chi connectivity index (χ1n) is 10.4. The van der Waals surface area contributed by atoms with Crippen molar-refractivity contribution in [2.24, 2.45) is 0 Å². The molecule has 32 heavy (non-hydrogen) atoms. The Hall–Kier alpha value is -1.40. The van der Waals surface area contributed by atoms with Crippen LogP contribution in [0, 0.1) is 0 Å². The van der Waals surface area contributed by atoms with Gasteiger partial charge < -0.3 is 10.2 Å². The summed E-state index contributed by atoms with van der Waals surface area (Å²) in [6.45, 7) is 7.94. The van der Waals surface area contributed by atoms with Gasteiger partial charge in [-0.15, -0.1) is 11.8 Å². The van der Waals surface area contributed by atoms with Crippen LogP contribution in [0.25, 0.3) is 0 Å². The topological polar surface area (TPSA) is 49.4 Å². The summed E-state index contributed by atoms with van der Waals surface area (Å²) in [5, 5.41) is 4.54. The molecule has 0 aliphatic heterocycles. The minimum absolute atomic E-state index is 0.106. The molecule has 2 rings (SSSR count). The lowest BCUT2D eigenvalue weighted by atomic mass is 10.1. The molecule has 8 heteroatoms. The highest BCUT2D eigenvalue weighted by atomic mass is 35.5. The molecule has 2 aromatic rings. The third-order valence-corrected chi connectivity index (χ3v) is 6.61. The molecular weight excluding hydrogens is 487 g/mol. The van der Waals surface area contributed by atoms with Gasteiger partial charge in [-0.2, -0.15) is 0 Å². The first kappa shape index (κ1) is 26.8. The predicted molar refractivity (Wildman–Crippen MR) is 137 cm³/mol. The van der Waals surface area contributed by atoms with Crippen molar-refractivity contribution >= 4 is 58.4 Å². The minimum Gasteiger partial charge on any atom is -0.350 e. The molecule has 0 fully saturated rings. The zero-order chi connectivity index (χ0) is 23.9. The smallest absolute Gasteiger partial charge is 0.243 e. The van der Waals surface area contributed by atoms with E-state index < -0.39 is 11.6 Å². The van der Waals surface area contributed by atoms with Crippen LogP contribution in [-0.2, 0) is 21.9 Å². The van der Waals surface area contributed by atoms with Gasteiger partial charge in [-0.3, -0.25) is 9.59 Å². The quantitative estimate of drug-likeness (QED) is 0.409. The number of benzene rings is 2. The lowest BCUT2D eigenvalue weighted by Crippen LogP contribution is -2.53. The summed E-state index contributed by atoms with van der Waals surface area (Å²) in [4.78, 5) is 27.9. The number of carbonyl (C=O) groups is 2. The number of amides is 2. The number of halogens is 3. The van der Waals surface area contributed by atoms with E-state index in [1.165, 1.54) is 11.8 Å². The van der Waals surface area contributed by atoms with Crippen LogP contribution in [0.5, 0.6) is 0 Å². The molecule has 1 atom stereocenters. The Labute approximate surface area is 210 Å². The third kappa shape index (κ3) is 8.51. The van der Waals surface area contributed by atoms with E-state index in [0.717, 1.165) is 11.1 Å². The normalized spacial score (nSPS) is 12.3. The van der Waals surface area contributed by atoms with Gasteiger partial charge in [0, 0.05) is 22.9 Å². The van der Waals surface area contributed by atoms with E-state index in [-0.39, 0.29) is 24.1 Å². The second-order valence-electron chi connectivity index (χ2n) is 8.55. The largest absolute Gasteiger partial charge is 0.350 e. The molecular formula is C24H29Cl3N2O2S. The molecule has 0 saturated carbocycles. The standard InChI is InChI=1S/C24H29Cl3N2O2S/c1-5-21(23(31)28-24(2,3)4)29(13-17-8-11-19(26)20(27)12-17)22(30)15-32-14-16-6-9-18(25)10-7-16/h6-12,21H,5,13-15H2,1-4H3,(H,28,31). The summed E-state index contributed by atoms with van der Waals surface area (Å²) in [5.41, 5.74) is 1.50. The van der Waals surface area contributed by atoms with Crippen molar-refractivity contribution in [1.29, 1.82) is 0 Å². The van der Waals surface area contributed by atoms with Crippen molar-refractivity contribution in [2.75, 3.05) is 5.75 Å². The van der Waals surface area contributed by atoms with E-state index in [1.807, 2.05) is 58.0 Å². The molecule has 2 amide bonds. The molecule has 0 saturated heterocycles. The highest BCUT2D eigenvalue weighted by Gasteiger charge is 2.30. The maximum absolute atomic E-state index is 13.3. The minimum atomic E-state index is -0.590. The third-order valence-electron chi connectivity index (χ3n) is 4.63. The van der Waals surface area contributed by atoms with Crippen molar-refractivity contribution in [1.82, 2.24) is 10.2 Å². The summed E-state index contributed by atoms with van der Waals surface area (Å²) >= 11 is 19.7. The Morgan fingerprint density at radius 1 is 1.00 bits per heavy atom. The number of hydrogen-bond acceptors (Lipinski definition) is 3. The number of hydrogen-bond donors (Lipinski definition) is 1. The van der Waals surface area contributed by atoms with Crippen LogP contribution in [-0.4, -0.2) is 34.0 Å². The molecule has 0 bridgehead atoms. The second kappa shape index (κ2) is 12.2. The zero-order valence-corrected chi connectivity index (χ0v) is 21.8. The summed E-state index contributed by atoms with van der Waals surface area (Å²) in [6, 6.07) is 12.2. The number of rotatable bonds is 9. The molecule has 4 nitrogen and oxygen atoms in total. The van der Waals surface area contributed by atoms with Crippen LogP contribution in [0.1, 0.15) is 45.2 Å². The van der Waals surface area contributed by atoms with E-state index in [0.29, 0.717) is 27.2 Å². The fourth-order valence-corrected chi connectivity index (χ4v) is 4.44. The van der Waals surface area contributed by atoms with Gasteiger partial charge in [0.15, 0.2) is 0 Å². The Kier molecular flexibility index (Phi) is 10.2. The molecule has 0 aromatic heterocycles. The molecule has 2 aromatic carbocycles. The van der Waals surface area contributed by atoms with Crippen molar-refractivity contribution < 1.29 is 9.59 Å². The predicted octanol–water partition coefficient (Wildman–Crippen LogP) is 6.60. The lowest BCUT2D eigenvalue weighted by molar-refractivity contribution is -0.140. The average Bonchev–Trinajstić information content (AvgIpc) is 2.70. The fourth-order valence-electron chi connectivity index (χ4n) is 3.13. The van der Waals surface area contributed by atoms with Crippen LogP contribution in [0.3, 0.4) is 0 Å². The number of carbonyl (C=O) groups excluding carboxylic acids is 2. The van der Waals surface area contributed by atoms with Gasteiger partial charge >= 0.3 is 0 Å². The second-order valence-corrected chi connectivity index (χ2v) is 10.8.